The molecule has 19 heavy (non-hydrogen) atoms. The van der Waals surface area contributed by atoms with Gasteiger partial charge in [-0.3, -0.25) is 9.59 Å². The molecule has 0 amide bonds. The Kier molecular flexibility index (Phi) is 5.19. The molecule has 0 aromatic heterocycles. The molecule has 1 atom stereocenters. The first-order valence-corrected chi connectivity index (χ1v) is 6.23. The Bertz CT molecular complexity index is 460. The molecule has 0 radical (unpaired) electrons. The normalized spacial score (nSPS) is 12.8. The third-order valence-corrected chi connectivity index (χ3v) is 3.20. The third-order valence-electron chi connectivity index (χ3n) is 3.20. The van der Waals surface area contributed by atoms with Gasteiger partial charge < -0.3 is 4.74 Å². The summed E-state index contributed by atoms with van der Waals surface area (Å²) < 4.78 is 5.18. The molecule has 0 spiro atoms. The maximum absolute atomic E-state index is 12.4. The quantitative estimate of drug-likeness (QED) is 0.430. The van der Waals surface area contributed by atoms with Crippen molar-refractivity contribution in [1.29, 1.82) is 0 Å². The number of carbonyl (C=O) groups is 2. The predicted octanol–water partition coefficient (Wildman–Crippen LogP) is 3.06. The SMILES string of the molecule is C=CC[C@H](C(=O)c1ccccc1)C(=O)C(C)(C)OC. The number of ketones is 2. The van der Waals surface area contributed by atoms with Crippen molar-refractivity contribution >= 4 is 11.6 Å². The first-order valence-electron chi connectivity index (χ1n) is 6.23. The fourth-order valence-corrected chi connectivity index (χ4v) is 1.82. The van der Waals surface area contributed by atoms with Crippen LogP contribution in [-0.4, -0.2) is 24.3 Å². The summed E-state index contributed by atoms with van der Waals surface area (Å²) >= 11 is 0. The summed E-state index contributed by atoms with van der Waals surface area (Å²) in [6.07, 6.45) is 1.91. The third kappa shape index (κ3) is 3.61. The summed E-state index contributed by atoms with van der Waals surface area (Å²) in [4.78, 5) is 24.8. The molecule has 1 aromatic carbocycles. The van der Waals surface area contributed by atoms with Crippen molar-refractivity contribution in [1.82, 2.24) is 0 Å². The van der Waals surface area contributed by atoms with E-state index in [-0.39, 0.29) is 11.6 Å². The summed E-state index contributed by atoms with van der Waals surface area (Å²) in [5.74, 6) is -1.14. The van der Waals surface area contributed by atoms with Crippen molar-refractivity contribution in [3.8, 4) is 0 Å². The van der Waals surface area contributed by atoms with Crippen LogP contribution in [-0.2, 0) is 9.53 Å². The molecule has 0 aliphatic heterocycles. The maximum Gasteiger partial charge on any atom is 0.175 e. The number of carbonyl (C=O) groups excluding carboxylic acids is 2. The van der Waals surface area contributed by atoms with Gasteiger partial charge in [-0.2, -0.15) is 0 Å². The van der Waals surface area contributed by atoms with Gasteiger partial charge in [-0.25, -0.2) is 0 Å². The lowest BCUT2D eigenvalue weighted by Crippen LogP contribution is -2.41. The number of allylic oxidation sites excluding steroid dienone is 1. The molecule has 0 unspecified atom stereocenters. The van der Waals surface area contributed by atoms with Crippen LogP contribution in [0.5, 0.6) is 0 Å². The molecule has 1 aromatic rings. The van der Waals surface area contributed by atoms with Gasteiger partial charge in [0.15, 0.2) is 11.6 Å². The molecule has 0 aliphatic carbocycles. The van der Waals surface area contributed by atoms with E-state index in [1.807, 2.05) is 6.07 Å². The minimum Gasteiger partial charge on any atom is -0.371 e. The first-order chi connectivity index (χ1) is 8.94. The van der Waals surface area contributed by atoms with Crippen molar-refractivity contribution in [2.24, 2.45) is 5.92 Å². The Hall–Kier alpha value is -1.74. The van der Waals surface area contributed by atoms with Crippen molar-refractivity contribution in [2.45, 2.75) is 25.9 Å². The smallest absolute Gasteiger partial charge is 0.175 e. The van der Waals surface area contributed by atoms with Crippen LogP contribution in [0, 0.1) is 5.92 Å². The maximum atomic E-state index is 12.4. The van der Waals surface area contributed by atoms with Gasteiger partial charge in [-0.15, -0.1) is 6.58 Å². The van der Waals surface area contributed by atoms with Crippen molar-refractivity contribution in [3.05, 3.63) is 48.6 Å². The van der Waals surface area contributed by atoms with Gasteiger partial charge in [0.25, 0.3) is 0 Å². The second kappa shape index (κ2) is 6.43. The van der Waals surface area contributed by atoms with E-state index < -0.39 is 11.5 Å². The topological polar surface area (TPSA) is 43.4 Å². The lowest BCUT2D eigenvalue weighted by atomic mass is 9.84. The lowest BCUT2D eigenvalue weighted by molar-refractivity contribution is -0.139. The summed E-state index contributed by atoms with van der Waals surface area (Å²) in [6.45, 7) is 6.96. The molecular weight excluding hydrogens is 240 g/mol. The van der Waals surface area contributed by atoms with Gasteiger partial charge in [-0.1, -0.05) is 36.4 Å². The highest BCUT2D eigenvalue weighted by atomic mass is 16.5. The number of rotatable bonds is 7. The molecular formula is C16H20O3. The van der Waals surface area contributed by atoms with Crippen LogP contribution in [0.1, 0.15) is 30.6 Å². The Labute approximate surface area is 114 Å². The summed E-state index contributed by atoms with van der Waals surface area (Å²) in [7, 11) is 1.47. The molecule has 0 saturated heterocycles. The second-order valence-electron chi connectivity index (χ2n) is 4.89. The number of ether oxygens (including phenoxy) is 1. The van der Waals surface area contributed by atoms with E-state index >= 15 is 0 Å². The van der Waals surface area contributed by atoms with Crippen molar-refractivity contribution < 1.29 is 14.3 Å². The van der Waals surface area contributed by atoms with Crippen LogP contribution < -0.4 is 0 Å². The van der Waals surface area contributed by atoms with E-state index in [1.165, 1.54) is 7.11 Å². The highest BCUT2D eigenvalue weighted by Crippen LogP contribution is 2.22. The molecule has 0 heterocycles. The molecule has 0 fully saturated rings. The molecule has 3 heteroatoms. The monoisotopic (exact) mass is 260 g/mol. The Morgan fingerprint density at radius 2 is 1.89 bits per heavy atom. The summed E-state index contributed by atoms with van der Waals surface area (Å²) in [5, 5.41) is 0. The Morgan fingerprint density at radius 1 is 1.32 bits per heavy atom. The average Bonchev–Trinajstić information content (AvgIpc) is 2.44. The minimum atomic E-state index is -0.974. The van der Waals surface area contributed by atoms with E-state index in [0.717, 1.165) is 0 Å². The van der Waals surface area contributed by atoms with Crippen LogP contribution in [0.2, 0.25) is 0 Å². The van der Waals surface area contributed by atoms with Gasteiger partial charge in [0.1, 0.15) is 5.60 Å². The molecule has 0 N–H and O–H groups in total. The van der Waals surface area contributed by atoms with Gasteiger partial charge in [-0.05, 0) is 20.3 Å². The van der Waals surface area contributed by atoms with E-state index in [4.69, 9.17) is 4.74 Å². The minimum absolute atomic E-state index is 0.185. The average molecular weight is 260 g/mol. The largest absolute Gasteiger partial charge is 0.371 e. The zero-order chi connectivity index (χ0) is 14.5. The van der Waals surface area contributed by atoms with Crippen LogP contribution in [0.4, 0.5) is 0 Å². The van der Waals surface area contributed by atoms with Crippen molar-refractivity contribution in [3.63, 3.8) is 0 Å². The number of benzene rings is 1. The standard InChI is InChI=1S/C16H20O3/c1-5-9-13(15(18)16(2,3)19-4)14(17)12-10-7-6-8-11-12/h5-8,10-11,13H,1,9H2,2-4H3/t13-/m1/s1. The van der Waals surface area contributed by atoms with Gasteiger partial charge in [0, 0.05) is 12.7 Å². The molecule has 1 rings (SSSR count). The molecule has 3 nitrogen and oxygen atoms in total. The fraction of sp³-hybridized carbons (Fsp3) is 0.375. The summed E-state index contributed by atoms with van der Waals surface area (Å²) in [6, 6.07) is 8.82. The van der Waals surface area contributed by atoms with Crippen LogP contribution in [0.3, 0.4) is 0 Å². The van der Waals surface area contributed by atoms with Crippen LogP contribution in [0.15, 0.2) is 43.0 Å². The van der Waals surface area contributed by atoms with Crippen molar-refractivity contribution in [2.75, 3.05) is 7.11 Å². The van der Waals surface area contributed by atoms with E-state index in [9.17, 15) is 9.59 Å². The van der Waals surface area contributed by atoms with E-state index in [0.29, 0.717) is 12.0 Å². The lowest BCUT2D eigenvalue weighted by Gasteiger charge is -2.25. The number of hydrogen-bond acceptors (Lipinski definition) is 3. The highest BCUT2D eigenvalue weighted by Gasteiger charge is 2.37. The fourth-order valence-electron chi connectivity index (χ4n) is 1.82. The molecule has 102 valence electrons. The number of methoxy groups -OCH3 is 1. The molecule has 0 bridgehead atoms. The van der Waals surface area contributed by atoms with Gasteiger partial charge in [0.2, 0.25) is 0 Å². The zero-order valence-corrected chi connectivity index (χ0v) is 11.7. The van der Waals surface area contributed by atoms with Crippen LogP contribution >= 0.6 is 0 Å². The van der Waals surface area contributed by atoms with Gasteiger partial charge in [0.05, 0.1) is 5.92 Å². The van der Waals surface area contributed by atoms with E-state index in [2.05, 4.69) is 6.58 Å². The Balaban J connectivity index is 3.05. The zero-order valence-electron chi connectivity index (χ0n) is 11.7. The number of Topliss-reactive ketones (excluding diaryl/α,β-unsaturated/α-hetero) is 2. The summed E-state index contributed by atoms with van der Waals surface area (Å²) in [5.41, 5.74) is -0.437. The second-order valence-corrected chi connectivity index (χ2v) is 4.89. The first kappa shape index (κ1) is 15.3. The predicted molar refractivity (Wildman–Crippen MR) is 75.2 cm³/mol. The van der Waals surface area contributed by atoms with Crippen LogP contribution in [0.25, 0.3) is 0 Å². The van der Waals surface area contributed by atoms with E-state index in [1.54, 1.807) is 44.2 Å². The molecule has 0 aliphatic rings. The highest BCUT2D eigenvalue weighted by molar-refractivity contribution is 6.12. The molecule has 0 saturated carbocycles. The Morgan fingerprint density at radius 3 is 2.37 bits per heavy atom. The van der Waals surface area contributed by atoms with Gasteiger partial charge >= 0.3 is 0 Å². The number of hydrogen-bond donors (Lipinski definition) is 0.